The number of nitrogens with one attached hydrogen (secondary N) is 3. The Hall–Kier alpha value is -4.63. The third-order valence-electron chi connectivity index (χ3n) is 5.28. The molecule has 0 saturated heterocycles. The zero-order valence-electron chi connectivity index (χ0n) is 17.9. The van der Waals surface area contributed by atoms with Gasteiger partial charge in [0.05, 0.1) is 11.1 Å². The molecule has 1 atom stereocenters. The standard InChI is InChI=1S/C25H22N4O5/c26-29-17-8-6-16(7-9-17)25(33)34-18-10-11-19-20(14-27-21(19)13-18)23(30)28-22(24(31)32)12-15-4-2-1-3-5-15/h1-11,13-14,22,27,29H,12,26H2,(H,28,30)(H,31,32)/t22-/m0/s1. The van der Waals surface area contributed by atoms with Gasteiger partial charge in [0.15, 0.2) is 0 Å². The minimum absolute atomic E-state index is 0.159. The summed E-state index contributed by atoms with van der Waals surface area (Å²) in [4.78, 5) is 39.9. The van der Waals surface area contributed by atoms with Gasteiger partial charge in [0.2, 0.25) is 0 Å². The fraction of sp³-hybridized carbons (Fsp3) is 0.0800. The quantitative estimate of drug-likeness (QED) is 0.118. The molecule has 34 heavy (non-hydrogen) atoms. The van der Waals surface area contributed by atoms with E-state index in [1.807, 2.05) is 18.2 Å². The second-order valence-electron chi connectivity index (χ2n) is 7.57. The first-order valence-electron chi connectivity index (χ1n) is 10.4. The van der Waals surface area contributed by atoms with Crippen molar-refractivity contribution in [2.24, 2.45) is 5.84 Å². The first-order chi connectivity index (χ1) is 16.4. The maximum absolute atomic E-state index is 12.8. The predicted octanol–water partition coefficient (Wildman–Crippen LogP) is 3.10. The number of anilines is 1. The summed E-state index contributed by atoms with van der Waals surface area (Å²) >= 11 is 0. The summed E-state index contributed by atoms with van der Waals surface area (Å²) in [6.45, 7) is 0. The number of ether oxygens (including phenoxy) is 1. The number of amides is 1. The number of carbonyl (C=O) groups excluding carboxylic acids is 2. The highest BCUT2D eigenvalue weighted by molar-refractivity contribution is 6.08. The maximum Gasteiger partial charge on any atom is 0.343 e. The fourth-order valence-corrected chi connectivity index (χ4v) is 3.51. The Bertz CT molecular complexity index is 1330. The summed E-state index contributed by atoms with van der Waals surface area (Å²) in [5.41, 5.74) is 5.14. The number of esters is 1. The zero-order chi connectivity index (χ0) is 24.1. The normalized spacial score (nSPS) is 11.6. The number of H-pyrrole nitrogens is 1. The van der Waals surface area contributed by atoms with Gasteiger partial charge in [-0.05, 0) is 42.0 Å². The van der Waals surface area contributed by atoms with Crippen LogP contribution in [0.1, 0.15) is 26.3 Å². The molecule has 1 amide bonds. The van der Waals surface area contributed by atoms with Crippen molar-refractivity contribution in [3.8, 4) is 5.75 Å². The molecule has 9 nitrogen and oxygen atoms in total. The second-order valence-corrected chi connectivity index (χ2v) is 7.57. The number of fused-ring (bicyclic) bond motifs is 1. The van der Waals surface area contributed by atoms with Gasteiger partial charge in [-0.1, -0.05) is 30.3 Å². The first kappa shape index (κ1) is 22.6. The summed E-state index contributed by atoms with van der Waals surface area (Å²) in [6, 6.07) is 19.3. The van der Waals surface area contributed by atoms with Crippen molar-refractivity contribution >= 4 is 34.4 Å². The molecule has 0 bridgehead atoms. The predicted molar refractivity (Wildman–Crippen MR) is 127 cm³/mol. The van der Waals surface area contributed by atoms with E-state index < -0.39 is 23.9 Å². The number of hydrogen-bond acceptors (Lipinski definition) is 6. The lowest BCUT2D eigenvalue weighted by molar-refractivity contribution is -0.139. The molecule has 0 aliphatic carbocycles. The molecule has 4 rings (SSSR count). The number of nitrogens with two attached hydrogens (primary N) is 1. The smallest absolute Gasteiger partial charge is 0.343 e. The van der Waals surface area contributed by atoms with Crippen LogP contribution in [0.15, 0.2) is 79.0 Å². The van der Waals surface area contributed by atoms with Gasteiger partial charge in [-0.15, -0.1) is 0 Å². The number of aromatic amines is 1. The number of carboxylic acids is 1. The number of hydrazine groups is 1. The van der Waals surface area contributed by atoms with E-state index >= 15 is 0 Å². The molecule has 4 aromatic rings. The van der Waals surface area contributed by atoms with E-state index in [1.165, 1.54) is 6.20 Å². The van der Waals surface area contributed by atoms with E-state index in [1.54, 1.807) is 54.6 Å². The van der Waals surface area contributed by atoms with Crippen molar-refractivity contribution in [1.29, 1.82) is 0 Å². The van der Waals surface area contributed by atoms with Gasteiger partial charge in [-0.2, -0.15) is 0 Å². The number of nitrogen functional groups attached to an aromatic ring is 1. The number of hydrogen-bond donors (Lipinski definition) is 5. The van der Waals surface area contributed by atoms with Gasteiger partial charge in [0, 0.05) is 35.3 Å². The fourth-order valence-electron chi connectivity index (χ4n) is 3.51. The Balaban J connectivity index is 1.48. The summed E-state index contributed by atoms with van der Waals surface area (Å²) in [6.07, 6.45) is 1.65. The minimum atomic E-state index is -1.12. The summed E-state index contributed by atoms with van der Waals surface area (Å²) in [5, 5.41) is 12.7. The van der Waals surface area contributed by atoms with E-state index in [4.69, 9.17) is 10.6 Å². The van der Waals surface area contributed by atoms with Crippen molar-refractivity contribution in [2.45, 2.75) is 12.5 Å². The van der Waals surface area contributed by atoms with Crippen LogP contribution in [0.3, 0.4) is 0 Å². The van der Waals surface area contributed by atoms with Crippen molar-refractivity contribution in [3.05, 3.63) is 95.7 Å². The van der Waals surface area contributed by atoms with E-state index in [2.05, 4.69) is 15.7 Å². The van der Waals surface area contributed by atoms with Crippen molar-refractivity contribution in [1.82, 2.24) is 10.3 Å². The van der Waals surface area contributed by atoms with Crippen LogP contribution in [-0.4, -0.2) is 34.0 Å². The van der Waals surface area contributed by atoms with Crippen LogP contribution in [0.25, 0.3) is 10.9 Å². The SMILES string of the molecule is NNc1ccc(C(=O)Oc2ccc3c(C(=O)N[C@@H](Cc4ccccc4)C(=O)O)c[nH]c3c2)cc1. The largest absolute Gasteiger partial charge is 0.480 e. The Morgan fingerprint density at radius 1 is 1.00 bits per heavy atom. The third kappa shape index (κ3) is 5.05. The van der Waals surface area contributed by atoms with E-state index in [0.717, 1.165) is 5.56 Å². The minimum Gasteiger partial charge on any atom is -0.480 e. The van der Waals surface area contributed by atoms with E-state index in [9.17, 15) is 19.5 Å². The lowest BCUT2D eigenvalue weighted by Gasteiger charge is -2.14. The molecular formula is C25H22N4O5. The molecule has 0 aliphatic rings. The Morgan fingerprint density at radius 3 is 2.41 bits per heavy atom. The number of aromatic nitrogens is 1. The Morgan fingerprint density at radius 2 is 1.74 bits per heavy atom. The lowest BCUT2D eigenvalue weighted by atomic mass is 10.1. The van der Waals surface area contributed by atoms with Crippen LogP contribution in [0.2, 0.25) is 0 Å². The zero-order valence-corrected chi connectivity index (χ0v) is 17.9. The lowest BCUT2D eigenvalue weighted by Crippen LogP contribution is -2.42. The molecule has 172 valence electrons. The number of benzene rings is 3. The van der Waals surface area contributed by atoms with Gasteiger partial charge in [-0.3, -0.25) is 10.6 Å². The molecular weight excluding hydrogens is 436 g/mol. The number of aliphatic carboxylic acids is 1. The van der Waals surface area contributed by atoms with Crippen LogP contribution in [0, 0.1) is 0 Å². The second kappa shape index (κ2) is 9.88. The number of rotatable bonds is 8. The molecule has 0 aliphatic heterocycles. The maximum atomic E-state index is 12.8. The van der Waals surface area contributed by atoms with Gasteiger partial charge in [0.1, 0.15) is 11.8 Å². The van der Waals surface area contributed by atoms with Crippen LogP contribution >= 0.6 is 0 Å². The molecule has 0 saturated carbocycles. The first-order valence-corrected chi connectivity index (χ1v) is 10.4. The highest BCUT2D eigenvalue weighted by atomic mass is 16.5. The van der Waals surface area contributed by atoms with Crippen molar-refractivity contribution in [3.63, 3.8) is 0 Å². The molecule has 3 aromatic carbocycles. The van der Waals surface area contributed by atoms with Gasteiger partial charge >= 0.3 is 11.9 Å². The van der Waals surface area contributed by atoms with Crippen molar-refractivity contribution < 1.29 is 24.2 Å². The van der Waals surface area contributed by atoms with Gasteiger partial charge in [-0.25, -0.2) is 9.59 Å². The van der Waals surface area contributed by atoms with E-state index in [0.29, 0.717) is 27.9 Å². The molecule has 9 heteroatoms. The van der Waals surface area contributed by atoms with Gasteiger partial charge in [0.25, 0.3) is 5.91 Å². The van der Waals surface area contributed by atoms with E-state index in [-0.39, 0.29) is 12.0 Å². The molecule has 0 fully saturated rings. The molecule has 1 heterocycles. The Kier molecular flexibility index (Phi) is 6.56. The summed E-state index contributed by atoms with van der Waals surface area (Å²) in [7, 11) is 0. The molecule has 1 aromatic heterocycles. The van der Waals surface area contributed by atoms with Crippen LogP contribution in [0.4, 0.5) is 5.69 Å². The average Bonchev–Trinajstić information content (AvgIpc) is 3.27. The highest BCUT2D eigenvalue weighted by Crippen LogP contribution is 2.24. The Labute approximate surface area is 194 Å². The molecule has 6 N–H and O–H groups in total. The van der Waals surface area contributed by atoms with Crippen LogP contribution < -0.4 is 21.3 Å². The molecule has 0 unspecified atom stereocenters. The molecule has 0 spiro atoms. The summed E-state index contributed by atoms with van der Waals surface area (Å²) in [5.74, 6) is 3.43. The highest BCUT2D eigenvalue weighted by Gasteiger charge is 2.23. The van der Waals surface area contributed by atoms with Crippen molar-refractivity contribution in [2.75, 3.05) is 5.43 Å². The van der Waals surface area contributed by atoms with Crippen LogP contribution in [0.5, 0.6) is 5.75 Å². The monoisotopic (exact) mass is 458 g/mol. The average molecular weight is 458 g/mol. The summed E-state index contributed by atoms with van der Waals surface area (Å²) < 4.78 is 5.43. The topological polar surface area (TPSA) is 147 Å². The van der Waals surface area contributed by atoms with Gasteiger partial charge < -0.3 is 25.6 Å². The number of carboxylic acid groups (broad SMARTS) is 1. The number of carbonyl (C=O) groups is 3. The van der Waals surface area contributed by atoms with Crippen LogP contribution in [-0.2, 0) is 11.2 Å². The molecule has 0 radical (unpaired) electrons. The third-order valence-corrected chi connectivity index (χ3v) is 5.28.